The van der Waals surface area contributed by atoms with Gasteiger partial charge in [0.2, 0.25) is 0 Å². The van der Waals surface area contributed by atoms with Crippen LogP contribution in [0.4, 0.5) is 5.69 Å². The van der Waals surface area contributed by atoms with Gasteiger partial charge in [0, 0.05) is 5.69 Å². The number of para-hydroxylation sites is 1. The first-order valence-electron chi connectivity index (χ1n) is 9.32. The number of nitrogens with zero attached hydrogens (tertiary/aromatic N) is 2. The summed E-state index contributed by atoms with van der Waals surface area (Å²) in [7, 11) is 0. The number of nitrogens with one attached hydrogen (secondary N) is 1. The maximum absolute atomic E-state index is 13.1. The number of anilines is 1. The Morgan fingerprint density at radius 1 is 0.786 bits per heavy atom. The highest BCUT2D eigenvalue weighted by molar-refractivity contribution is 6.00. The molecule has 4 heteroatoms. The Morgan fingerprint density at radius 3 is 2.00 bits per heavy atom. The fraction of sp³-hybridized carbons (Fsp3) is 0.0833. The molecule has 0 fully saturated rings. The molecule has 0 bridgehead atoms. The smallest absolute Gasteiger partial charge is 0.315 e. The average Bonchev–Trinajstić information content (AvgIpc) is 3.12. The van der Waals surface area contributed by atoms with Gasteiger partial charge in [0.15, 0.2) is 0 Å². The van der Waals surface area contributed by atoms with E-state index in [2.05, 4.69) is 29.6 Å². The number of imidazole rings is 1. The SMILES string of the molecule is O=C(Nc1ccccc1)c1n(Cc2ccccc2)cc[n+]1Cc1ccccc1. The van der Waals surface area contributed by atoms with Gasteiger partial charge in [-0.1, -0.05) is 78.9 Å². The largest absolute Gasteiger partial charge is 0.348 e. The standard InChI is InChI=1S/C24H21N3O/c28-23(25-22-14-8-3-9-15-22)24-26(18-20-10-4-1-5-11-20)16-17-27(24)19-21-12-6-2-7-13-21/h1-17H,18-19H2/p+1. The van der Waals surface area contributed by atoms with Crippen LogP contribution in [0, 0.1) is 0 Å². The summed E-state index contributed by atoms with van der Waals surface area (Å²) in [5, 5.41) is 3.02. The van der Waals surface area contributed by atoms with Crippen molar-refractivity contribution in [3.63, 3.8) is 0 Å². The molecule has 1 N–H and O–H groups in total. The molecule has 0 aliphatic carbocycles. The lowest BCUT2D eigenvalue weighted by Gasteiger charge is -2.07. The second-order valence-electron chi connectivity index (χ2n) is 6.67. The molecule has 0 aliphatic heterocycles. The van der Waals surface area contributed by atoms with Gasteiger partial charge in [-0.2, -0.15) is 0 Å². The van der Waals surface area contributed by atoms with E-state index in [1.807, 2.05) is 88.3 Å². The predicted octanol–water partition coefficient (Wildman–Crippen LogP) is 4.12. The Morgan fingerprint density at radius 2 is 1.36 bits per heavy atom. The fourth-order valence-electron chi connectivity index (χ4n) is 3.25. The summed E-state index contributed by atoms with van der Waals surface area (Å²) in [5.41, 5.74) is 3.09. The Bertz CT molecular complexity index is 982. The number of rotatable bonds is 6. The molecule has 28 heavy (non-hydrogen) atoms. The average molecular weight is 368 g/mol. The Kier molecular flexibility index (Phi) is 5.29. The molecule has 0 aliphatic rings. The van der Waals surface area contributed by atoms with E-state index in [1.54, 1.807) is 0 Å². The van der Waals surface area contributed by atoms with Crippen LogP contribution in [0.25, 0.3) is 0 Å². The fourth-order valence-corrected chi connectivity index (χ4v) is 3.25. The second kappa shape index (κ2) is 8.35. The van der Waals surface area contributed by atoms with Crippen LogP contribution in [0.5, 0.6) is 0 Å². The van der Waals surface area contributed by atoms with Crippen LogP contribution < -0.4 is 9.88 Å². The van der Waals surface area contributed by atoms with Gasteiger partial charge < -0.3 is 5.32 Å². The number of carbonyl (C=O) groups excluding carboxylic acids is 1. The summed E-state index contributed by atoms with van der Waals surface area (Å²) in [6.45, 7) is 1.28. The molecule has 1 aromatic heterocycles. The van der Waals surface area contributed by atoms with E-state index in [0.717, 1.165) is 16.8 Å². The van der Waals surface area contributed by atoms with Gasteiger partial charge in [-0.05, 0) is 23.3 Å². The summed E-state index contributed by atoms with van der Waals surface area (Å²) in [6, 6.07) is 29.9. The zero-order valence-electron chi connectivity index (χ0n) is 15.5. The minimum Gasteiger partial charge on any atom is -0.315 e. The van der Waals surface area contributed by atoms with Gasteiger partial charge in [-0.15, -0.1) is 0 Å². The van der Waals surface area contributed by atoms with E-state index in [0.29, 0.717) is 18.9 Å². The maximum atomic E-state index is 13.1. The summed E-state index contributed by atoms with van der Waals surface area (Å²) < 4.78 is 3.99. The number of amides is 1. The highest BCUT2D eigenvalue weighted by atomic mass is 16.2. The van der Waals surface area contributed by atoms with E-state index in [4.69, 9.17) is 0 Å². The van der Waals surface area contributed by atoms with Crippen LogP contribution in [0.15, 0.2) is 103 Å². The molecule has 1 heterocycles. The van der Waals surface area contributed by atoms with E-state index in [-0.39, 0.29) is 5.91 Å². The summed E-state index contributed by atoms with van der Waals surface area (Å²) >= 11 is 0. The minimum absolute atomic E-state index is 0.122. The lowest BCUT2D eigenvalue weighted by Crippen LogP contribution is -2.42. The van der Waals surface area contributed by atoms with Crippen LogP contribution in [-0.2, 0) is 13.1 Å². The highest BCUT2D eigenvalue weighted by Crippen LogP contribution is 2.10. The van der Waals surface area contributed by atoms with Crippen LogP contribution >= 0.6 is 0 Å². The number of hydrogen-bond donors (Lipinski definition) is 1. The number of benzene rings is 3. The van der Waals surface area contributed by atoms with Crippen LogP contribution in [0.3, 0.4) is 0 Å². The summed E-state index contributed by atoms with van der Waals surface area (Å²) in [6.07, 6.45) is 3.94. The quantitative estimate of drug-likeness (QED) is 0.511. The summed E-state index contributed by atoms with van der Waals surface area (Å²) in [5.74, 6) is 0.500. The third-order valence-electron chi connectivity index (χ3n) is 4.60. The predicted molar refractivity (Wildman–Crippen MR) is 110 cm³/mol. The molecular weight excluding hydrogens is 346 g/mol. The molecular formula is C24H22N3O+. The van der Waals surface area contributed by atoms with Gasteiger partial charge in [0.05, 0.1) is 0 Å². The molecule has 1 amide bonds. The third kappa shape index (κ3) is 4.18. The van der Waals surface area contributed by atoms with Crippen molar-refractivity contribution < 1.29 is 9.36 Å². The van der Waals surface area contributed by atoms with Gasteiger partial charge in [-0.25, -0.2) is 9.13 Å². The zero-order chi connectivity index (χ0) is 19.2. The van der Waals surface area contributed by atoms with Crippen LogP contribution in [0.2, 0.25) is 0 Å². The van der Waals surface area contributed by atoms with Crippen molar-refractivity contribution in [2.75, 3.05) is 5.32 Å². The first-order valence-corrected chi connectivity index (χ1v) is 9.32. The topological polar surface area (TPSA) is 37.9 Å². The van der Waals surface area contributed by atoms with Crippen molar-refractivity contribution in [2.45, 2.75) is 13.1 Å². The molecule has 0 atom stereocenters. The highest BCUT2D eigenvalue weighted by Gasteiger charge is 2.25. The van der Waals surface area contributed by atoms with Gasteiger partial charge in [0.25, 0.3) is 0 Å². The van der Waals surface area contributed by atoms with Crippen LogP contribution in [-0.4, -0.2) is 10.5 Å². The number of aromatic nitrogens is 2. The van der Waals surface area contributed by atoms with Gasteiger partial charge in [-0.3, -0.25) is 4.79 Å². The van der Waals surface area contributed by atoms with E-state index >= 15 is 0 Å². The molecule has 0 radical (unpaired) electrons. The summed E-state index contributed by atoms with van der Waals surface area (Å²) in [4.78, 5) is 13.1. The van der Waals surface area contributed by atoms with Gasteiger partial charge >= 0.3 is 11.7 Å². The lowest BCUT2D eigenvalue weighted by atomic mass is 10.2. The monoisotopic (exact) mass is 368 g/mol. The van der Waals surface area contributed by atoms with E-state index in [1.165, 1.54) is 0 Å². The molecule has 0 saturated carbocycles. The normalized spacial score (nSPS) is 10.6. The molecule has 0 saturated heterocycles. The van der Waals surface area contributed by atoms with Crippen molar-refractivity contribution >= 4 is 11.6 Å². The van der Waals surface area contributed by atoms with E-state index in [9.17, 15) is 4.79 Å². The van der Waals surface area contributed by atoms with Crippen molar-refractivity contribution in [1.82, 2.24) is 4.57 Å². The Labute approximate surface area is 164 Å². The molecule has 4 nitrogen and oxygen atoms in total. The van der Waals surface area contributed by atoms with Crippen molar-refractivity contribution in [3.8, 4) is 0 Å². The second-order valence-corrected chi connectivity index (χ2v) is 6.67. The van der Waals surface area contributed by atoms with Crippen molar-refractivity contribution in [3.05, 3.63) is 120 Å². The molecule has 138 valence electrons. The molecule has 4 aromatic rings. The molecule has 4 rings (SSSR count). The maximum Gasteiger partial charge on any atom is 0.348 e. The van der Waals surface area contributed by atoms with Gasteiger partial charge in [0.1, 0.15) is 25.5 Å². The molecule has 3 aromatic carbocycles. The Balaban J connectivity index is 1.67. The van der Waals surface area contributed by atoms with Crippen molar-refractivity contribution in [1.29, 1.82) is 0 Å². The first-order chi connectivity index (χ1) is 13.8. The molecule has 0 spiro atoms. The third-order valence-corrected chi connectivity index (χ3v) is 4.60. The number of carbonyl (C=O) groups is 1. The molecule has 0 unspecified atom stereocenters. The van der Waals surface area contributed by atoms with E-state index < -0.39 is 0 Å². The zero-order valence-corrected chi connectivity index (χ0v) is 15.5. The Hall–Kier alpha value is -3.66. The number of hydrogen-bond acceptors (Lipinski definition) is 1. The minimum atomic E-state index is -0.122. The van der Waals surface area contributed by atoms with Crippen molar-refractivity contribution in [2.24, 2.45) is 0 Å². The first kappa shape index (κ1) is 17.7. The van der Waals surface area contributed by atoms with Crippen LogP contribution in [0.1, 0.15) is 21.7 Å². The lowest BCUT2D eigenvalue weighted by molar-refractivity contribution is -0.689.